The second-order valence-electron chi connectivity index (χ2n) is 8.53. The molecule has 6 rings (SSSR count). The maximum absolute atomic E-state index is 14.6. The van der Waals surface area contributed by atoms with Crippen molar-refractivity contribution >= 4 is 33.7 Å². The molecular formula is C26H21FN6O2. The quantitative estimate of drug-likeness (QED) is 0.378. The van der Waals surface area contributed by atoms with Crippen molar-refractivity contribution in [1.29, 1.82) is 0 Å². The lowest BCUT2D eigenvalue weighted by molar-refractivity contribution is 0.100. The molecule has 9 heteroatoms. The molecule has 0 aliphatic carbocycles. The number of primary amides is 1. The van der Waals surface area contributed by atoms with Crippen LogP contribution in [-0.4, -0.2) is 32.0 Å². The minimum absolute atomic E-state index is 0.230. The monoisotopic (exact) mass is 468 g/mol. The van der Waals surface area contributed by atoms with Crippen molar-refractivity contribution in [2.24, 2.45) is 12.8 Å². The number of amides is 1. The van der Waals surface area contributed by atoms with E-state index < -0.39 is 5.91 Å². The first-order valence-corrected chi connectivity index (χ1v) is 11.2. The molecule has 4 heterocycles. The van der Waals surface area contributed by atoms with E-state index in [0.717, 1.165) is 27.6 Å². The van der Waals surface area contributed by atoms with E-state index in [9.17, 15) is 9.18 Å². The number of nitrogens with two attached hydrogens (primary N) is 1. The van der Waals surface area contributed by atoms with Crippen LogP contribution in [0.5, 0.6) is 5.75 Å². The standard InChI is InChI=1S/C26H21FN6O2/c1-33-8-6-15(13-33)23-24-19(16-3-2-14(25(28)34)10-21(16)31-23)12-30-26(32-24)29-11-18-17-7-9-35-22(17)5-4-20(18)27/h2-6,8,10,12-13H,7,9,11H2,1H3,(H2,28,34)(H,29,30,32). The summed E-state index contributed by atoms with van der Waals surface area (Å²) < 4.78 is 22.1. The normalized spacial score (nSPS) is 12.6. The molecular weight excluding hydrogens is 447 g/mol. The predicted octanol–water partition coefficient (Wildman–Crippen LogP) is 3.97. The van der Waals surface area contributed by atoms with Crippen LogP contribution < -0.4 is 15.8 Å². The number of carbonyl (C=O) groups excluding carboxylic acids is 1. The number of aromatic nitrogens is 4. The topological polar surface area (TPSA) is 108 Å². The third-order valence-corrected chi connectivity index (χ3v) is 6.29. The van der Waals surface area contributed by atoms with Crippen molar-refractivity contribution in [3.8, 4) is 17.0 Å². The van der Waals surface area contributed by atoms with Crippen molar-refractivity contribution in [3.05, 3.63) is 77.5 Å². The molecule has 2 aromatic carbocycles. The highest BCUT2D eigenvalue weighted by atomic mass is 19.1. The molecule has 0 fully saturated rings. The summed E-state index contributed by atoms with van der Waals surface area (Å²) >= 11 is 0. The zero-order valence-corrected chi connectivity index (χ0v) is 18.9. The van der Waals surface area contributed by atoms with Crippen LogP contribution in [0, 0.1) is 5.82 Å². The number of halogens is 1. The molecule has 1 amide bonds. The van der Waals surface area contributed by atoms with E-state index in [-0.39, 0.29) is 12.4 Å². The number of hydrogen-bond acceptors (Lipinski definition) is 6. The van der Waals surface area contributed by atoms with Crippen molar-refractivity contribution < 1.29 is 13.9 Å². The van der Waals surface area contributed by atoms with Crippen LogP contribution in [0.2, 0.25) is 0 Å². The largest absolute Gasteiger partial charge is 0.493 e. The zero-order chi connectivity index (χ0) is 24.1. The molecule has 0 saturated carbocycles. The van der Waals surface area contributed by atoms with Gasteiger partial charge < -0.3 is 20.4 Å². The van der Waals surface area contributed by atoms with Gasteiger partial charge in [0.2, 0.25) is 11.9 Å². The fraction of sp³-hybridized carbons (Fsp3) is 0.154. The molecule has 0 bridgehead atoms. The van der Waals surface area contributed by atoms with E-state index in [1.54, 1.807) is 30.5 Å². The predicted molar refractivity (Wildman–Crippen MR) is 131 cm³/mol. The molecule has 35 heavy (non-hydrogen) atoms. The number of nitrogens with one attached hydrogen (secondary N) is 1. The van der Waals surface area contributed by atoms with Crippen LogP contribution >= 0.6 is 0 Å². The summed E-state index contributed by atoms with van der Waals surface area (Å²) in [5.74, 6) is 0.279. The van der Waals surface area contributed by atoms with E-state index in [0.29, 0.717) is 46.8 Å². The molecule has 1 aliphatic heterocycles. The van der Waals surface area contributed by atoms with Gasteiger partial charge in [-0.05, 0) is 30.3 Å². The number of anilines is 1. The number of nitrogens with zero attached hydrogens (tertiary/aromatic N) is 4. The highest BCUT2D eigenvalue weighted by Crippen LogP contribution is 2.33. The fourth-order valence-corrected chi connectivity index (χ4v) is 4.54. The van der Waals surface area contributed by atoms with Gasteiger partial charge in [-0.25, -0.2) is 19.3 Å². The van der Waals surface area contributed by atoms with Crippen LogP contribution in [-0.2, 0) is 20.0 Å². The van der Waals surface area contributed by atoms with Crippen molar-refractivity contribution in [2.45, 2.75) is 13.0 Å². The van der Waals surface area contributed by atoms with Gasteiger partial charge in [0.15, 0.2) is 0 Å². The van der Waals surface area contributed by atoms with Crippen LogP contribution in [0.3, 0.4) is 0 Å². The molecule has 0 saturated heterocycles. The van der Waals surface area contributed by atoms with Crippen LogP contribution in [0.4, 0.5) is 10.3 Å². The fourth-order valence-electron chi connectivity index (χ4n) is 4.54. The second kappa shape index (κ2) is 8.05. The summed E-state index contributed by atoms with van der Waals surface area (Å²) in [7, 11) is 1.93. The van der Waals surface area contributed by atoms with E-state index in [2.05, 4.69) is 10.3 Å². The molecule has 0 spiro atoms. The first-order chi connectivity index (χ1) is 17.0. The van der Waals surface area contributed by atoms with E-state index >= 15 is 0 Å². The highest BCUT2D eigenvalue weighted by molar-refractivity contribution is 6.10. The lowest BCUT2D eigenvalue weighted by atomic mass is 10.0. The Hall–Kier alpha value is -4.53. The lowest BCUT2D eigenvalue weighted by Gasteiger charge is -2.12. The van der Waals surface area contributed by atoms with E-state index in [1.165, 1.54) is 6.07 Å². The van der Waals surface area contributed by atoms with Crippen molar-refractivity contribution in [3.63, 3.8) is 0 Å². The zero-order valence-electron chi connectivity index (χ0n) is 18.9. The van der Waals surface area contributed by atoms with Gasteiger partial charge in [0, 0.05) is 71.6 Å². The maximum atomic E-state index is 14.6. The summed E-state index contributed by atoms with van der Waals surface area (Å²) in [5.41, 5.74) is 10.1. The Morgan fingerprint density at radius 1 is 1.20 bits per heavy atom. The molecule has 0 unspecified atom stereocenters. The number of aryl methyl sites for hydroxylation is 1. The Morgan fingerprint density at radius 2 is 2.09 bits per heavy atom. The molecule has 174 valence electrons. The minimum atomic E-state index is -0.518. The highest BCUT2D eigenvalue weighted by Gasteiger charge is 2.20. The number of rotatable bonds is 5. The van der Waals surface area contributed by atoms with Gasteiger partial charge >= 0.3 is 0 Å². The summed E-state index contributed by atoms with van der Waals surface area (Å²) in [4.78, 5) is 25.8. The van der Waals surface area contributed by atoms with Gasteiger partial charge in [0.1, 0.15) is 17.1 Å². The van der Waals surface area contributed by atoms with Crippen LogP contribution in [0.1, 0.15) is 21.5 Å². The Balaban J connectivity index is 1.46. The molecule has 3 aromatic heterocycles. The number of hydrogen-bond donors (Lipinski definition) is 2. The average molecular weight is 468 g/mol. The van der Waals surface area contributed by atoms with Crippen molar-refractivity contribution in [1.82, 2.24) is 19.5 Å². The number of carbonyl (C=O) groups is 1. The average Bonchev–Trinajstić information content (AvgIpc) is 3.51. The summed E-state index contributed by atoms with van der Waals surface area (Å²) in [5, 5.41) is 4.76. The Morgan fingerprint density at radius 3 is 2.89 bits per heavy atom. The Bertz CT molecular complexity index is 1640. The number of ether oxygens (including phenoxy) is 1. The Kier molecular flexibility index (Phi) is 4.84. The second-order valence-corrected chi connectivity index (χ2v) is 8.53. The third kappa shape index (κ3) is 3.61. The summed E-state index contributed by atoms with van der Waals surface area (Å²) in [6.45, 7) is 0.780. The maximum Gasteiger partial charge on any atom is 0.248 e. The molecule has 8 nitrogen and oxygen atoms in total. The molecule has 3 N–H and O–H groups in total. The minimum Gasteiger partial charge on any atom is -0.493 e. The molecule has 0 radical (unpaired) electrons. The third-order valence-electron chi connectivity index (χ3n) is 6.29. The van der Waals surface area contributed by atoms with Gasteiger partial charge in [-0.1, -0.05) is 6.07 Å². The number of pyridine rings is 1. The first-order valence-electron chi connectivity index (χ1n) is 11.2. The molecule has 1 aliphatic rings. The smallest absolute Gasteiger partial charge is 0.248 e. The molecule has 5 aromatic rings. The summed E-state index contributed by atoms with van der Waals surface area (Å²) in [6, 6.07) is 10.2. The van der Waals surface area contributed by atoms with Gasteiger partial charge in [-0.15, -0.1) is 0 Å². The van der Waals surface area contributed by atoms with E-state index in [1.807, 2.05) is 30.1 Å². The van der Waals surface area contributed by atoms with Crippen LogP contribution in [0.15, 0.2) is 55.0 Å². The van der Waals surface area contributed by atoms with Crippen LogP contribution in [0.25, 0.3) is 33.1 Å². The van der Waals surface area contributed by atoms with Crippen molar-refractivity contribution in [2.75, 3.05) is 11.9 Å². The van der Waals surface area contributed by atoms with Gasteiger partial charge in [-0.3, -0.25) is 4.79 Å². The van der Waals surface area contributed by atoms with Gasteiger partial charge in [0.05, 0.1) is 17.8 Å². The van der Waals surface area contributed by atoms with Gasteiger partial charge in [-0.2, -0.15) is 0 Å². The lowest BCUT2D eigenvalue weighted by Crippen LogP contribution is -2.10. The van der Waals surface area contributed by atoms with E-state index in [4.69, 9.17) is 20.4 Å². The van der Waals surface area contributed by atoms with Gasteiger partial charge in [0.25, 0.3) is 0 Å². The SMILES string of the molecule is Cn1ccc(-c2nc3cc(C(N)=O)ccc3c3cnc(NCc4c(F)ccc5c4CCO5)nc23)c1. The summed E-state index contributed by atoms with van der Waals surface area (Å²) in [6.07, 6.45) is 6.27. The Labute approximate surface area is 199 Å². The number of benzene rings is 2. The molecule has 0 atom stereocenters. The first kappa shape index (κ1) is 21.0. The number of fused-ring (bicyclic) bond motifs is 4.